The number of thiophene rings is 1. The van der Waals surface area contributed by atoms with Crippen LogP contribution in [0.2, 0.25) is 0 Å². The van der Waals surface area contributed by atoms with Gasteiger partial charge in [0.2, 0.25) is 0 Å². The molecule has 2 rings (SSSR count). The Hall–Kier alpha value is -2.91. The van der Waals surface area contributed by atoms with Gasteiger partial charge in [-0.05, 0) is 17.2 Å². The van der Waals surface area contributed by atoms with Crippen molar-refractivity contribution in [1.29, 1.82) is 0 Å². The first-order valence-electron chi connectivity index (χ1n) is 6.79. The van der Waals surface area contributed by atoms with Gasteiger partial charge in [0.05, 0.1) is 12.2 Å². The Morgan fingerprint density at radius 1 is 1.25 bits per heavy atom. The fraction of sp³-hybridized carbons (Fsp3) is 0.133. The van der Waals surface area contributed by atoms with E-state index in [4.69, 9.17) is 10.8 Å². The maximum Gasteiger partial charge on any atom is 0.412 e. The number of rotatable bonds is 4. The standard InChI is InChI=1S/C15H15N3O5S/c1-17-15(22)18-12-10(13(20)23-14(16)21)6-11(24-12)9-4-2-8(7-19)3-5-9/h2-6,19H,7H2,1H3,(H2,16,21)(H2,17,18,22). The van der Waals surface area contributed by atoms with Gasteiger partial charge < -0.3 is 20.9 Å². The lowest BCUT2D eigenvalue weighted by Gasteiger charge is -2.04. The average molecular weight is 349 g/mol. The number of carbonyl (C=O) groups is 3. The van der Waals surface area contributed by atoms with E-state index in [2.05, 4.69) is 15.4 Å². The van der Waals surface area contributed by atoms with E-state index >= 15 is 0 Å². The summed E-state index contributed by atoms with van der Waals surface area (Å²) >= 11 is 1.14. The zero-order valence-electron chi connectivity index (χ0n) is 12.7. The largest absolute Gasteiger partial charge is 0.412 e. The molecule has 8 nitrogen and oxygen atoms in total. The Bertz CT molecular complexity index is 770. The number of aliphatic hydroxyl groups is 1. The van der Waals surface area contributed by atoms with Gasteiger partial charge in [-0.2, -0.15) is 0 Å². The summed E-state index contributed by atoms with van der Waals surface area (Å²) in [6.45, 7) is -0.0790. The lowest BCUT2D eigenvalue weighted by atomic mass is 10.1. The van der Waals surface area contributed by atoms with Crippen molar-refractivity contribution in [2.75, 3.05) is 12.4 Å². The summed E-state index contributed by atoms with van der Waals surface area (Å²) < 4.78 is 4.38. The molecule has 0 spiro atoms. The summed E-state index contributed by atoms with van der Waals surface area (Å²) in [6, 6.07) is 7.99. The Labute approximate surface area is 141 Å². The lowest BCUT2D eigenvalue weighted by molar-refractivity contribution is 0.0640. The van der Waals surface area contributed by atoms with Gasteiger partial charge in [0.15, 0.2) is 0 Å². The van der Waals surface area contributed by atoms with Crippen molar-refractivity contribution in [3.8, 4) is 10.4 Å². The average Bonchev–Trinajstić information content (AvgIpc) is 2.98. The number of nitrogens with one attached hydrogen (secondary N) is 2. The first-order chi connectivity index (χ1) is 11.4. The van der Waals surface area contributed by atoms with Crippen LogP contribution in [-0.4, -0.2) is 30.2 Å². The maximum absolute atomic E-state index is 12.0. The third kappa shape index (κ3) is 4.09. The number of nitrogens with two attached hydrogens (primary N) is 1. The van der Waals surface area contributed by atoms with Crippen molar-refractivity contribution in [1.82, 2.24) is 5.32 Å². The van der Waals surface area contributed by atoms with E-state index in [0.717, 1.165) is 22.5 Å². The van der Waals surface area contributed by atoms with Crippen LogP contribution in [0.25, 0.3) is 10.4 Å². The first-order valence-corrected chi connectivity index (χ1v) is 7.60. The second-order valence-corrected chi connectivity index (χ2v) is 5.67. The zero-order chi connectivity index (χ0) is 17.7. The molecular formula is C15H15N3O5S. The number of ether oxygens (including phenoxy) is 1. The lowest BCUT2D eigenvalue weighted by Crippen LogP contribution is -2.25. The number of aliphatic hydroxyl groups excluding tert-OH is 1. The number of urea groups is 1. The third-order valence-corrected chi connectivity index (χ3v) is 4.12. The molecule has 0 unspecified atom stereocenters. The van der Waals surface area contributed by atoms with Crippen molar-refractivity contribution in [2.24, 2.45) is 5.73 Å². The van der Waals surface area contributed by atoms with Crippen molar-refractivity contribution in [2.45, 2.75) is 6.61 Å². The van der Waals surface area contributed by atoms with E-state index in [1.54, 1.807) is 24.3 Å². The number of carbonyl (C=O) groups excluding carboxylic acids is 3. The van der Waals surface area contributed by atoms with Gasteiger partial charge in [0, 0.05) is 11.9 Å². The molecule has 126 valence electrons. The number of esters is 1. The van der Waals surface area contributed by atoms with E-state index in [1.165, 1.54) is 13.1 Å². The highest BCUT2D eigenvalue weighted by Crippen LogP contribution is 2.36. The minimum Gasteiger partial charge on any atom is -0.392 e. The Morgan fingerprint density at radius 3 is 2.46 bits per heavy atom. The molecule has 9 heteroatoms. The topological polar surface area (TPSA) is 131 Å². The molecule has 0 saturated heterocycles. The predicted octanol–water partition coefficient (Wildman–Crippen LogP) is 1.89. The second kappa shape index (κ2) is 7.57. The van der Waals surface area contributed by atoms with Crippen LogP contribution in [0.15, 0.2) is 30.3 Å². The Kier molecular flexibility index (Phi) is 5.51. The highest BCUT2D eigenvalue weighted by atomic mass is 32.1. The molecule has 0 bridgehead atoms. The van der Waals surface area contributed by atoms with E-state index in [-0.39, 0.29) is 17.2 Å². The van der Waals surface area contributed by atoms with E-state index in [0.29, 0.717) is 4.88 Å². The molecule has 1 heterocycles. The summed E-state index contributed by atoms with van der Waals surface area (Å²) in [5, 5.41) is 14.2. The molecule has 0 saturated carbocycles. The normalized spacial score (nSPS) is 10.1. The molecule has 0 atom stereocenters. The molecular weight excluding hydrogens is 334 g/mol. The SMILES string of the molecule is CNC(=O)Nc1sc(-c2ccc(CO)cc2)cc1C(=O)OC(N)=O. The monoisotopic (exact) mass is 349 g/mol. The van der Waals surface area contributed by atoms with E-state index in [1.807, 2.05) is 0 Å². The second-order valence-electron chi connectivity index (χ2n) is 4.62. The van der Waals surface area contributed by atoms with Crippen LogP contribution in [0.5, 0.6) is 0 Å². The van der Waals surface area contributed by atoms with Gasteiger partial charge in [-0.1, -0.05) is 24.3 Å². The zero-order valence-corrected chi connectivity index (χ0v) is 13.5. The van der Waals surface area contributed by atoms with Gasteiger partial charge in [0.25, 0.3) is 0 Å². The van der Waals surface area contributed by atoms with Gasteiger partial charge in [-0.3, -0.25) is 5.32 Å². The van der Waals surface area contributed by atoms with Crippen molar-refractivity contribution < 1.29 is 24.2 Å². The summed E-state index contributed by atoms with van der Waals surface area (Å²) in [7, 11) is 1.43. The molecule has 0 aliphatic rings. The van der Waals surface area contributed by atoms with Crippen LogP contribution in [0, 0.1) is 0 Å². The number of benzene rings is 1. The maximum atomic E-state index is 12.0. The molecule has 0 aliphatic heterocycles. The van der Waals surface area contributed by atoms with Crippen molar-refractivity contribution in [3.05, 3.63) is 41.5 Å². The fourth-order valence-electron chi connectivity index (χ4n) is 1.86. The number of hydrogen-bond donors (Lipinski definition) is 4. The fourth-order valence-corrected chi connectivity index (χ4v) is 2.91. The number of amides is 3. The summed E-state index contributed by atoms with van der Waals surface area (Å²) in [6.07, 6.45) is -1.23. The quantitative estimate of drug-likeness (QED) is 0.494. The van der Waals surface area contributed by atoms with Crippen LogP contribution in [0.4, 0.5) is 14.6 Å². The minimum atomic E-state index is -1.23. The van der Waals surface area contributed by atoms with Gasteiger partial charge in [0.1, 0.15) is 5.00 Å². The number of anilines is 1. The smallest absolute Gasteiger partial charge is 0.392 e. The molecule has 5 N–H and O–H groups in total. The number of primary amides is 1. The molecule has 24 heavy (non-hydrogen) atoms. The summed E-state index contributed by atoms with van der Waals surface area (Å²) in [5.74, 6) is -0.955. The summed E-state index contributed by atoms with van der Waals surface area (Å²) in [5.41, 5.74) is 6.39. The molecule has 2 aromatic rings. The van der Waals surface area contributed by atoms with Gasteiger partial charge >= 0.3 is 18.1 Å². The Balaban J connectivity index is 2.40. The van der Waals surface area contributed by atoms with Crippen molar-refractivity contribution in [3.63, 3.8) is 0 Å². The predicted molar refractivity (Wildman–Crippen MR) is 88.8 cm³/mol. The Morgan fingerprint density at radius 2 is 1.92 bits per heavy atom. The van der Waals surface area contributed by atoms with Crippen LogP contribution in [0.1, 0.15) is 15.9 Å². The molecule has 0 radical (unpaired) electrons. The first kappa shape index (κ1) is 17.4. The van der Waals surface area contributed by atoms with Crippen LogP contribution in [0.3, 0.4) is 0 Å². The summed E-state index contributed by atoms with van der Waals surface area (Å²) in [4.78, 5) is 34.9. The molecule has 0 fully saturated rings. The van der Waals surface area contributed by atoms with Crippen molar-refractivity contribution >= 4 is 34.4 Å². The van der Waals surface area contributed by atoms with Gasteiger partial charge in [-0.15, -0.1) is 11.3 Å². The van der Waals surface area contributed by atoms with Crippen LogP contribution in [-0.2, 0) is 11.3 Å². The van der Waals surface area contributed by atoms with Gasteiger partial charge in [-0.25, -0.2) is 14.4 Å². The van der Waals surface area contributed by atoms with Crippen LogP contribution < -0.4 is 16.4 Å². The molecule has 1 aromatic carbocycles. The minimum absolute atomic E-state index is 0.0173. The highest BCUT2D eigenvalue weighted by Gasteiger charge is 2.21. The van der Waals surface area contributed by atoms with E-state index in [9.17, 15) is 14.4 Å². The highest BCUT2D eigenvalue weighted by molar-refractivity contribution is 7.20. The van der Waals surface area contributed by atoms with Crippen LogP contribution >= 0.6 is 11.3 Å². The molecule has 3 amide bonds. The number of hydrogen-bond acceptors (Lipinski definition) is 6. The third-order valence-electron chi connectivity index (χ3n) is 3.02. The molecule has 0 aliphatic carbocycles. The van der Waals surface area contributed by atoms with E-state index < -0.39 is 18.1 Å². The molecule has 1 aromatic heterocycles.